The number of para-hydroxylation sites is 1. The zero-order chi connectivity index (χ0) is 30.1. The molecule has 2 aliphatic heterocycles. The van der Waals surface area contributed by atoms with Gasteiger partial charge >= 0.3 is 5.97 Å². The summed E-state index contributed by atoms with van der Waals surface area (Å²) in [5.74, 6) is 0.440. The maximum absolute atomic E-state index is 14.1. The topological polar surface area (TPSA) is 67.7 Å². The first-order valence-electron chi connectivity index (χ1n) is 15.1. The number of nitrogens with zero attached hydrogens (tertiary/aromatic N) is 4. The van der Waals surface area contributed by atoms with Crippen molar-refractivity contribution in [3.05, 3.63) is 88.1 Å². The Morgan fingerprint density at radius 1 is 1.02 bits per heavy atom. The Balaban J connectivity index is 1.18. The summed E-state index contributed by atoms with van der Waals surface area (Å²) in [6.07, 6.45) is 3.71. The van der Waals surface area contributed by atoms with Gasteiger partial charge in [0.25, 0.3) is 5.91 Å². The fraction of sp³-hybridized carbons (Fsp3) is 0.441. The molecule has 4 aromatic rings. The van der Waals surface area contributed by atoms with Crippen LogP contribution in [0, 0.1) is 11.7 Å². The number of likely N-dealkylation sites (tertiary alicyclic amines) is 2. The van der Waals surface area contributed by atoms with Gasteiger partial charge in [-0.2, -0.15) is 11.3 Å². The standard InChI is InChI=1S/C34H39FN4O3S/c1-34(2,3)42-31(40)20-39-22-36-30-6-4-5-28(32(30)39)33(41)38-18-26(29(19-38)25-13-16-43-21-25)17-37-14-11-24(12-15-37)23-7-9-27(35)10-8-23/h4-10,13,16,21-22,24,26,29H,11-12,14-15,17-20H2,1-3H3/t26-,29+/m1/s1. The van der Waals surface area contributed by atoms with E-state index < -0.39 is 5.60 Å². The molecule has 2 aromatic carbocycles. The summed E-state index contributed by atoms with van der Waals surface area (Å²) < 4.78 is 20.7. The van der Waals surface area contributed by atoms with Crippen LogP contribution in [0.5, 0.6) is 0 Å². The molecule has 0 saturated carbocycles. The Morgan fingerprint density at radius 2 is 1.79 bits per heavy atom. The number of halogens is 1. The highest BCUT2D eigenvalue weighted by atomic mass is 32.1. The molecule has 0 spiro atoms. The van der Waals surface area contributed by atoms with Gasteiger partial charge in [-0.25, -0.2) is 9.37 Å². The Bertz CT molecular complexity index is 1570. The molecule has 6 rings (SSSR count). The molecule has 9 heteroatoms. The molecule has 2 aromatic heterocycles. The van der Waals surface area contributed by atoms with E-state index in [9.17, 15) is 14.0 Å². The number of hydrogen-bond acceptors (Lipinski definition) is 6. The Hall–Kier alpha value is -3.56. The highest BCUT2D eigenvalue weighted by Gasteiger charge is 2.38. The number of ether oxygens (including phenoxy) is 1. The molecule has 2 aliphatic rings. The lowest BCUT2D eigenvalue weighted by Gasteiger charge is -2.34. The van der Waals surface area contributed by atoms with E-state index in [1.165, 1.54) is 11.1 Å². The molecule has 4 heterocycles. The van der Waals surface area contributed by atoms with Crippen molar-refractivity contribution in [2.45, 2.75) is 57.6 Å². The van der Waals surface area contributed by atoms with Gasteiger partial charge in [-0.1, -0.05) is 18.2 Å². The van der Waals surface area contributed by atoms with E-state index in [2.05, 4.69) is 26.7 Å². The summed E-state index contributed by atoms with van der Waals surface area (Å²) in [6.45, 7) is 9.76. The highest BCUT2D eigenvalue weighted by molar-refractivity contribution is 7.08. The molecule has 2 fully saturated rings. The van der Waals surface area contributed by atoms with E-state index >= 15 is 0 Å². The Labute approximate surface area is 256 Å². The van der Waals surface area contributed by atoms with E-state index in [0.29, 0.717) is 41.5 Å². The second-order valence-corrected chi connectivity index (χ2v) is 13.7. The van der Waals surface area contributed by atoms with Gasteiger partial charge in [0.2, 0.25) is 0 Å². The van der Waals surface area contributed by atoms with Crippen molar-refractivity contribution in [1.29, 1.82) is 0 Å². The van der Waals surface area contributed by atoms with Crippen LogP contribution in [0.4, 0.5) is 4.39 Å². The summed E-state index contributed by atoms with van der Waals surface area (Å²) in [6, 6.07) is 14.7. The highest BCUT2D eigenvalue weighted by Crippen LogP contribution is 2.37. The third-order valence-electron chi connectivity index (χ3n) is 8.71. The maximum atomic E-state index is 14.1. The lowest BCUT2D eigenvalue weighted by Crippen LogP contribution is -2.38. The number of aromatic nitrogens is 2. The fourth-order valence-corrected chi connectivity index (χ4v) is 7.43. The third kappa shape index (κ3) is 6.68. The Kier molecular flexibility index (Phi) is 8.38. The number of hydrogen-bond donors (Lipinski definition) is 0. The van der Waals surface area contributed by atoms with Crippen molar-refractivity contribution < 1.29 is 18.7 Å². The number of esters is 1. The van der Waals surface area contributed by atoms with Crippen molar-refractivity contribution >= 4 is 34.2 Å². The number of fused-ring (bicyclic) bond motifs is 1. The van der Waals surface area contributed by atoms with Crippen LogP contribution in [0.15, 0.2) is 65.6 Å². The molecular weight excluding hydrogens is 563 g/mol. The molecule has 0 N–H and O–H groups in total. The lowest BCUT2D eigenvalue weighted by molar-refractivity contribution is -0.155. The van der Waals surface area contributed by atoms with Crippen LogP contribution in [0.25, 0.3) is 11.0 Å². The number of thiophene rings is 1. The fourth-order valence-electron chi connectivity index (χ4n) is 6.70. The van der Waals surface area contributed by atoms with Crippen LogP contribution in [-0.2, 0) is 16.1 Å². The molecule has 0 bridgehead atoms. The molecule has 0 aliphatic carbocycles. The molecular formula is C34H39FN4O3S. The minimum absolute atomic E-state index is 0.00784. The predicted molar refractivity (Wildman–Crippen MR) is 167 cm³/mol. The number of carbonyl (C=O) groups excluding carboxylic acids is 2. The molecule has 43 heavy (non-hydrogen) atoms. The Morgan fingerprint density at radius 3 is 2.49 bits per heavy atom. The largest absolute Gasteiger partial charge is 0.459 e. The van der Waals surface area contributed by atoms with Gasteiger partial charge in [0.05, 0.1) is 22.9 Å². The van der Waals surface area contributed by atoms with E-state index in [1.54, 1.807) is 34.4 Å². The van der Waals surface area contributed by atoms with Gasteiger partial charge in [-0.3, -0.25) is 9.59 Å². The van der Waals surface area contributed by atoms with Crippen LogP contribution in [0.2, 0.25) is 0 Å². The van der Waals surface area contributed by atoms with Crippen molar-refractivity contribution in [3.8, 4) is 0 Å². The minimum atomic E-state index is -0.594. The summed E-state index contributed by atoms with van der Waals surface area (Å²) >= 11 is 1.69. The molecule has 7 nitrogen and oxygen atoms in total. The summed E-state index contributed by atoms with van der Waals surface area (Å²) in [4.78, 5) is 35.8. The van der Waals surface area contributed by atoms with Crippen LogP contribution in [0.3, 0.4) is 0 Å². The summed E-state index contributed by atoms with van der Waals surface area (Å²) in [7, 11) is 0. The maximum Gasteiger partial charge on any atom is 0.326 e. The van der Waals surface area contributed by atoms with Crippen LogP contribution < -0.4 is 0 Å². The predicted octanol–water partition coefficient (Wildman–Crippen LogP) is 6.31. The first-order valence-corrected chi connectivity index (χ1v) is 16.0. The van der Waals surface area contributed by atoms with E-state index in [4.69, 9.17) is 4.74 Å². The SMILES string of the molecule is CC(C)(C)OC(=O)Cn1cnc2cccc(C(=O)N3C[C@@H](CN4CCC(c5ccc(F)cc5)CC4)[C@H](c4ccsc4)C3)c21. The van der Waals surface area contributed by atoms with Crippen LogP contribution in [-0.4, -0.2) is 69.6 Å². The van der Waals surface area contributed by atoms with Gasteiger partial charge in [0, 0.05) is 25.6 Å². The smallest absolute Gasteiger partial charge is 0.326 e. The summed E-state index contributed by atoms with van der Waals surface area (Å²) in [5, 5.41) is 4.32. The zero-order valence-electron chi connectivity index (χ0n) is 25.0. The number of amides is 1. The van der Waals surface area contributed by atoms with Gasteiger partial charge in [0.15, 0.2) is 0 Å². The summed E-state index contributed by atoms with van der Waals surface area (Å²) in [5.41, 5.74) is 3.82. The van der Waals surface area contributed by atoms with Crippen molar-refractivity contribution in [1.82, 2.24) is 19.4 Å². The zero-order valence-corrected chi connectivity index (χ0v) is 25.9. The molecule has 1 amide bonds. The van der Waals surface area contributed by atoms with Gasteiger partial charge < -0.3 is 19.1 Å². The van der Waals surface area contributed by atoms with E-state index in [-0.39, 0.29) is 30.2 Å². The van der Waals surface area contributed by atoms with Crippen molar-refractivity contribution in [2.75, 3.05) is 32.7 Å². The monoisotopic (exact) mass is 602 g/mol. The molecule has 2 saturated heterocycles. The molecule has 2 atom stereocenters. The average molecular weight is 603 g/mol. The number of rotatable bonds is 7. The van der Waals surface area contributed by atoms with Crippen LogP contribution >= 0.6 is 11.3 Å². The van der Waals surface area contributed by atoms with Crippen molar-refractivity contribution in [2.24, 2.45) is 5.92 Å². The first kappa shape index (κ1) is 29.5. The quantitative estimate of drug-likeness (QED) is 0.232. The minimum Gasteiger partial charge on any atom is -0.459 e. The van der Waals surface area contributed by atoms with Gasteiger partial charge in [-0.15, -0.1) is 0 Å². The van der Waals surface area contributed by atoms with Gasteiger partial charge in [-0.05, 0) is 111 Å². The second kappa shape index (κ2) is 12.2. The van der Waals surface area contributed by atoms with Gasteiger partial charge in [0.1, 0.15) is 18.0 Å². The normalized spacial score (nSPS) is 20.1. The molecule has 0 unspecified atom stereocenters. The number of piperidine rings is 1. The lowest BCUT2D eigenvalue weighted by atomic mass is 9.87. The van der Waals surface area contributed by atoms with Crippen molar-refractivity contribution in [3.63, 3.8) is 0 Å². The van der Waals surface area contributed by atoms with E-state index in [0.717, 1.165) is 32.5 Å². The third-order valence-corrected chi connectivity index (χ3v) is 9.41. The second-order valence-electron chi connectivity index (χ2n) is 12.9. The van der Waals surface area contributed by atoms with Crippen LogP contribution in [0.1, 0.15) is 66.9 Å². The number of carbonyl (C=O) groups is 2. The number of benzene rings is 2. The first-order chi connectivity index (χ1) is 20.6. The molecule has 0 radical (unpaired) electrons. The number of imidazole rings is 1. The molecule has 226 valence electrons. The van der Waals surface area contributed by atoms with E-state index in [1.807, 2.05) is 56.0 Å². The average Bonchev–Trinajstić information content (AvgIpc) is 3.73.